The van der Waals surface area contributed by atoms with Crippen molar-refractivity contribution in [1.82, 2.24) is 5.32 Å². The molecule has 2 heteroatoms. The summed E-state index contributed by atoms with van der Waals surface area (Å²) in [5.74, 6) is 3.53. The van der Waals surface area contributed by atoms with Gasteiger partial charge in [0.15, 0.2) is 0 Å². The fraction of sp³-hybridized carbons (Fsp3) is 0.909. The lowest BCUT2D eigenvalue weighted by atomic mass is 9.47. The van der Waals surface area contributed by atoms with Gasteiger partial charge in [0.25, 0.3) is 0 Å². The quantitative estimate of drug-likeness (QED) is 0.732. The Hall–Kier alpha value is -0.340. The van der Waals surface area contributed by atoms with Crippen LogP contribution in [0.5, 0.6) is 0 Å². The molecule has 136 valence electrons. The maximum atomic E-state index is 6.40. The number of hydrogen-bond acceptors (Lipinski definition) is 2. The van der Waals surface area contributed by atoms with Gasteiger partial charge in [-0.25, -0.2) is 0 Å². The summed E-state index contributed by atoms with van der Waals surface area (Å²) >= 11 is 0. The van der Waals surface area contributed by atoms with Gasteiger partial charge in [-0.05, 0) is 99.8 Å². The normalized spacial score (nSPS) is 52.0. The lowest BCUT2D eigenvalue weighted by Crippen LogP contribution is -2.52. The summed E-state index contributed by atoms with van der Waals surface area (Å²) in [4.78, 5) is 0. The van der Waals surface area contributed by atoms with Crippen molar-refractivity contribution in [3.63, 3.8) is 0 Å². The Morgan fingerprint density at radius 2 is 1.92 bits per heavy atom. The molecule has 3 fully saturated rings. The standard InChI is InChI=1S/C22H38N2/c1-14(23)18-7-8-19-17-6-5-15-13-16(24-4)9-11-21(15,2)20(17)10-12-22(18,19)3/h5,14,16-20,24H,6-13,23H2,1-4H3/t14-,16-,17-,18+,19-,20-,21-,22+/m0/s1. The third-order valence-corrected chi connectivity index (χ3v) is 9.22. The maximum absolute atomic E-state index is 6.40. The van der Waals surface area contributed by atoms with Crippen LogP contribution in [0.2, 0.25) is 0 Å². The highest BCUT2D eigenvalue weighted by Gasteiger charge is 2.58. The topological polar surface area (TPSA) is 38.0 Å². The number of allylic oxidation sites excluding steroid dienone is 1. The van der Waals surface area contributed by atoms with Crippen molar-refractivity contribution >= 4 is 0 Å². The van der Waals surface area contributed by atoms with E-state index >= 15 is 0 Å². The molecule has 0 bridgehead atoms. The molecule has 0 aliphatic heterocycles. The Morgan fingerprint density at radius 3 is 2.62 bits per heavy atom. The van der Waals surface area contributed by atoms with E-state index in [4.69, 9.17) is 5.73 Å². The number of nitrogens with one attached hydrogen (secondary N) is 1. The average Bonchev–Trinajstić information content (AvgIpc) is 2.91. The molecular weight excluding hydrogens is 292 g/mol. The molecule has 0 aromatic carbocycles. The molecule has 4 aliphatic rings. The van der Waals surface area contributed by atoms with E-state index in [-0.39, 0.29) is 0 Å². The van der Waals surface area contributed by atoms with Gasteiger partial charge in [0, 0.05) is 12.1 Å². The Labute approximate surface area is 149 Å². The van der Waals surface area contributed by atoms with E-state index in [1.165, 1.54) is 51.4 Å². The van der Waals surface area contributed by atoms with Gasteiger partial charge < -0.3 is 11.1 Å². The molecule has 0 radical (unpaired) electrons. The van der Waals surface area contributed by atoms with Crippen LogP contribution in [-0.2, 0) is 0 Å². The zero-order valence-electron chi connectivity index (χ0n) is 16.3. The molecule has 3 saturated carbocycles. The van der Waals surface area contributed by atoms with E-state index in [1.807, 2.05) is 0 Å². The number of nitrogens with two attached hydrogens (primary N) is 1. The van der Waals surface area contributed by atoms with E-state index in [0.29, 0.717) is 22.9 Å². The first-order valence-electron chi connectivity index (χ1n) is 10.5. The molecule has 2 nitrogen and oxygen atoms in total. The molecule has 3 N–H and O–H groups in total. The minimum absolute atomic E-state index is 0.368. The van der Waals surface area contributed by atoms with Crippen molar-refractivity contribution in [1.29, 1.82) is 0 Å². The SMILES string of the molecule is CN[C@H]1CC[C@@]2(C)C(=CC[C@H]3[C@@H]4CC[C@H]([C@H](C)N)[C@@]4(C)CC[C@@H]32)C1. The first kappa shape index (κ1) is 17.1. The van der Waals surface area contributed by atoms with Crippen LogP contribution in [0.25, 0.3) is 0 Å². The first-order chi connectivity index (χ1) is 11.4. The smallest absolute Gasteiger partial charge is 0.0102 e. The molecule has 4 aliphatic carbocycles. The van der Waals surface area contributed by atoms with Crippen LogP contribution in [0, 0.1) is 34.5 Å². The Balaban J connectivity index is 1.62. The number of fused-ring (bicyclic) bond motifs is 5. The summed E-state index contributed by atoms with van der Waals surface area (Å²) in [5.41, 5.74) is 9.20. The molecule has 0 aromatic rings. The van der Waals surface area contributed by atoms with Crippen molar-refractivity contribution in [3.8, 4) is 0 Å². The summed E-state index contributed by atoms with van der Waals surface area (Å²) in [6, 6.07) is 1.08. The summed E-state index contributed by atoms with van der Waals surface area (Å²) in [7, 11) is 2.14. The van der Waals surface area contributed by atoms with Gasteiger partial charge >= 0.3 is 0 Å². The van der Waals surface area contributed by atoms with E-state index in [2.05, 4.69) is 39.2 Å². The van der Waals surface area contributed by atoms with Crippen LogP contribution < -0.4 is 11.1 Å². The van der Waals surface area contributed by atoms with Crippen molar-refractivity contribution in [2.24, 2.45) is 40.2 Å². The first-order valence-corrected chi connectivity index (χ1v) is 10.5. The minimum Gasteiger partial charge on any atom is -0.328 e. The predicted molar refractivity (Wildman–Crippen MR) is 102 cm³/mol. The second-order valence-corrected chi connectivity index (χ2v) is 10.1. The van der Waals surface area contributed by atoms with Crippen LogP contribution in [0.15, 0.2) is 11.6 Å². The molecule has 0 spiro atoms. The molecule has 8 atom stereocenters. The van der Waals surface area contributed by atoms with Crippen LogP contribution in [-0.4, -0.2) is 19.1 Å². The molecule has 0 heterocycles. The number of rotatable bonds is 2. The Morgan fingerprint density at radius 1 is 1.12 bits per heavy atom. The fourth-order valence-corrected chi connectivity index (χ4v) is 7.81. The largest absolute Gasteiger partial charge is 0.328 e. The molecule has 0 unspecified atom stereocenters. The lowest BCUT2D eigenvalue weighted by Gasteiger charge is -2.58. The summed E-state index contributed by atoms with van der Waals surface area (Å²) in [6.07, 6.45) is 13.7. The van der Waals surface area contributed by atoms with Gasteiger partial charge in [-0.15, -0.1) is 0 Å². The van der Waals surface area contributed by atoms with Gasteiger partial charge in [0.1, 0.15) is 0 Å². The van der Waals surface area contributed by atoms with Gasteiger partial charge in [-0.2, -0.15) is 0 Å². The summed E-state index contributed by atoms with van der Waals surface area (Å²) in [6.45, 7) is 7.46. The maximum Gasteiger partial charge on any atom is 0.0102 e. The van der Waals surface area contributed by atoms with Crippen LogP contribution in [0.3, 0.4) is 0 Å². The molecule has 0 amide bonds. The molecule has 0 aromatic heterocycles. The predicted octanol–water partition coefficient (Wildman–Crippen LogP) is 4.50. The summed E-state index contributed by atoms with van der Waals surface area (Å²) in [5, 5.41) is 3.53. The van der Waals surface area contributed by atoms with E-state index in [0.717, 1.165) is 23.7 Å². The monoisotopic (exact) mass is 330 g/mol. The zero-order chi connectivity index (χ0) is 17.1. The third-order valence-electron chi connectivity index (χ3n) is 9.22. The zero-order valence-corrected chi connectivity index (χ0v) is 16.3. The van der Waals surface area contributed by atoms with Crippen molar-refractivity contribution in [2.45, 2.75) is 84.2 Å². The molecular formula is C22H38N2. The van der Waals surface area contributed by atoms with Gasteiger partial charge in [0.2, 0.25) is 0 Å². The van der Waals surface area contributed by atoms with Crippen molar-refractivity contribution in [3.05, 3.63) is 11.6 Å². The van der Waals surface area contributed by atoms with Crippen molar-refractivity contribution in [2.75, 3.05) is 7.05 Å². The van der Waals surface area contributed by atoms with Crippen molar-refractivity contribution < 1.29 is 0 Å². The van der Waals surface area contributed by atoms with Crippen LogP contribution >= 0.6 is 0 Å². The second-order valence-electron chi connectivity index (χ2n) is 10.1. The fourth-order valence-electron chi connectivity index (χ4n) is 7.81. The van der Waals surface area contributed by atoms with E-state index in [9.17, 15) is 0 Å². The molecule has 0 saturated heterocycles. The van der Waals surface area contributed by atoms with Gasteiger partial charge in [-0.3, -0.25) is 0 Å². The third kappa shape index (κ3) is 2.28. The molecule has 4 rings (SSSR count). The van der Waals surface area contributed by atoms with Gasteiger partial charge in [-0.1, -0.05) is 25.5 Å². The average molecular weight is 331 g/mol. The van der Waals surface area contributed by atoms with Crippen LogP contribution in [0.4, 0.5) is 0 Å². The lowest BCUT2D eigenvalue weighted by molar-refractivity contribution is -0.0453. The number of hydrogen-bond donors (Lipinski definition) is 2. The highest BCUT2D eigenvalue weighted by Crippen LogP contribution is 2.66. The highest BCUT2D eigenvalue weighted by molar-refractivity contribution is 5.26. The highest BCUT2D eigenvalue weighted by atomic mass is 14.9. The Bertz CT molecular complexity index is 524. The summed E-state index contributed by atoms with van der Waals surface area (Å²) < 4.78 is 0. The second kappa shape index (κ2) is 5.84. The minimum atomic E-state index is 0.368. The Kier molecular flexibility index (Phi) is 4.16. The van der Waals surface area contributed by atoms with E-state index < -0.39 is 0 Å². The van der Waals surface area contributed by atoms with Crippen LogP contribution in [0.1, 0.15) is 72.1 Å². The molecule has 24 heavy (non-hydrogen) atoms. The van der Waals surface area contributed by atoms with Gasteiger partial charge in [0.05, 0.1) is 0 Å². The van der Waals surface area contributed by atoms with E-state index in [1.54, 1.807) is 5.57 Å².